The van der Waals surface area contributed by atoms with Gasteiger partial charge >= 0.3 is 5.97 Å². The number of carbonyl (C=O) groups is 2. The number of ketones is 1. The summed E-state index contributed by atoms with van der Waals surface area (Å²) in [5.41, 5.74) is 0.791. The van der Waals surface area contributed by atoms with Crippen LogP contribution in [0, 0.1) is 0 Å². The standard InChI is InChI=1S/C15H16ClNO3/c1-17(2)10-13(15(19)20-3)14(18)9-6-11-4-7-12(16)8-5-11/h4-10H,1-3H3. The second kappa shape index (κ2) is 7.50. The van der Waals surface area contributed by atoms with E-state index in [1.54, 1.807) is 49.3 Å². The number of ether oxygens (including phenoxy) is 1. The van der Waals surface area contributed by atoms with Crippen LogP contribution in [-0.2, 0) is 14.3 Å². The van der Waals surface area contributed by atoms with Crippen molar-refractivity contribution in [1.29, 1.82) is 0 Å². The third-order valence-electron chi connectivity index (χ3n) is 2.36. The zero-order valence-corrected chi connectivity index (χ0v) is 12.3. The van der Waals surface area contributed by atoms with Crippen LogP contribution < -0.4 is 0 Å². The average molecular weight is 294 g/mol. The molecule has 20 heavy (non-hydrogen) atoms. The highest BCUT2D eigenvalue weighted by molar-refractivity contribution is 6.30. The molecule has 0 bridgehead atoms. The fourth-order valence-corrected chi connectivity index (χ4v) is 1.55. The molecule has 0 aliphatic rings. The van der Waals surface area contributed by atoms with Crippen LogP contribution in [0.2, 0.25) is 5.02 Å². The maximum Gasteiger partial charge on any atom is 0.343 e. The number of allylic oxidation sites excluding steroid dienone is 1. The molecule has 0 fully saturated rings. The molecule has 0 aliphatic heterocycles. The number of methoxy groups -OCH3 is 1. The predicted molar refractivity (Wildman–Crippen MR) is 79.3 cm³/mol. The van der Waals surface area contributed by atoms with E-state index in [-0.39, 0.29) is 5.57 Å². The summed E-state index contributed by atoms with van der Waals surface area (Å²) in [6.07, 6.45) is 4.38. The lowest BCUT2D eigenvalue weighted by Crippen LogP contribution is -2.16. The molecule has 0 N–H and O–H groups in total. The van der Waals surface area contributed by atoms with Gasteiger partial charge in [-0.05, 0) is 23.8 Å². The van der Waals surface area contributed by atoms with Crippen LogP contribution in [0.1, 0.15) is 5.56 Å². The van der Waals surface area contributed by atoms with Crippen molar-refractivity contribution in [2.75, 3.05) is 21.2 Å². The third-order valence-corrected chi connectivity index (χ3v) is 2.61. The van der Waals surface area contributed by atoms with Crippen molar-refractivity contribution in [1.82, 2.24) is 4.90 Å². The van der Waals surface area contributed by atoms with E-state index in [0.717, 1.165) is 5.56 Å². The van der Waals surface area contributed by atoms with Gasteiger partial charge in [0.25, 0.3) is 0 Å². The molecule has 4 nitrogen and oxygen atoms in total. The summed E-state index contributed by atoms with van der Waals surface area (Å²) in [6, 6.07) is 7.00. The summed E-state index contributed by atoms with van der Waals surface area (Å²) in [5, 5.41) is 0.622. The Morgan fingerprint density at radius 2 is 1.80 bits per heavy atom. The molecule has 0 atom stereocenters. The molecule has 1 aromatic rings. The molecule has 106 valence electrons. The van der Waals surface area contributed by atoms with E-state index in [0.29, 0.717) is 5.02 Å². The SMILES string of the molecule is COC(=O)C(=CN(C)C)C(=O)C=Cc1ccc(Cl)cc1. The van der Waals surface area contributed by atoms with Crippen molar-refractivity contribution in [2.24, 2.45) is 0 Å². The van der Waals surface area contributed by atoms with Crippen molar-refractivity contribution < 1.29 is 14.3 Å². The number of rotatable bonds is 5. The lowest BCUT2D eigenvalue weighted by molar-refractivity contribution is -0.137. The van der Waals surface area contributed by atoms with E-state index in [1.165, 1.54) is 19.4 Å². The first-order valence-electron chi connectivity index (χ1n) is 5.88. The third kappa shape index (κ3) is 4.90. The van der Waals surface area contributed by atoms with Crippen molar-refractivity contribution in [2.45, 2.75) is 0 Å². The number of carbonyl (C=O) groups excluding carboxylic acids is 2. The molecule has 0 saturated carbocycles. The largest absolute Gasteiger partial charge is 0.465 e. The molecule has 1 rings (SSSR count). The highest BCUT2D eigenvalue weighted by Crippen LogP contribution is 2.11. The maximum atomic E-state index is 12.0. The van der Waals surface area contributed by atoms with Crippen LogP contribution in [0.5, 0.6) is 0 Å². The number of halogens is 1. The fraction of sp³-hybridized carbons (Fsp3) is 0.200. The molecule has 0 aromatic heterocycles. The molecule has 0 heterocycles. The van der Waals surface area contributed by atoms with Crippen LogP contribution in [0.4, 0.5) is 0 Å². The van der Waals surface area contributed by atoms with E-state index in [2.05, 4.69) is 4.74 Å². The number of esters is 1. The van der Waals surface area contributed by atoms with Crippen molar-refractivity contribution in [3.8, 4) is 0 Å². The number of nitrogens with zero attached hydrogens (tertiary/aromatic N) is 1. The molecule has 0 saturated heterocycles. The van der Waals surface area contributed by atoms with Crippen LogP contribution in [0.15, 0.2) is 42.1 Å². The van der Waals surface area contributed by atoms with Gasteiger partial charge in [0.1, 0.15) is 5.57 Å². The number of benzene rings is 1. The zero-order chi connectivity index (χ0) is 15.1. The fourth-order valence-electron chi connectivity index (χ4n) is 1.42. The molecule has 1 aromatic carbocycles. The van der Waals surface area contributed by atoms with Crippen LogP contribution in [0.3, 0.4) is 0 Å². The first-order chi connectivity index (χ1) is 9.43. The lowest BCUT2D eigenvalue weighted by Gasteiger charge is -2.07. The molecule has 0 amide bonds. The van der Waals surface area contributed by atoms with Gasteiger partial charge in [-0.2, -0.15) is 0 Å². The topological polar surface area (TPSA) is 46.6 Å². The van der Waals surface area contributed by atoms with Gasteiger partial charge in [-0.25, -0.2) is 4.79 Å². The van der Waals surface area contributed by atoms with Crippen LogP contribution in [-0.4, -0.2) is 37.9 Å². The first kappa shape index (κ1) is 16.0. The Morgan fingerprint density at radius 1 is 1.20 bits per heavy atom. The van der Waals surface area contributed by atoms with E-state index >= 15 is 0 Å². The van der Waals surface area contributed by atoms with Gasteiger partial charge in [0, 0.05) is 25.3 Å². The normalized spacial score (nSPS) is 11.5. The summed E-state index contributed by atoms with van der Waals surface area (Å²) in [6.45, 7) is 0. The quantitative estimate of drug-likeness (QED) is 0.362. The highest BCUT2D eigenvalue weighted by Gasteiger charge is 2.16. The van der Waals surface area contributed by atoms with Crippen molar-refractivity contribution in [3.63, 3.8) is 0 Å². The molecule has 0 aliphatic carbocycles. The summed E-state index contributed by atoms with van der Waals surface area (Å²) in [4.78, 5) is 25.2. The van der Waals surface area contributed by atoms with E-state index in [1.807, 2.05) is 0 Å². The average Bonchev–Trinajstić information content (AvgIpc) is 2.42. The maximum absolute atomic E-state index is 12.0. The summed E-state index contributed by atoms with van der Waals surface area (Å²) < 4.78 is 4.60. The zero-order valence-electron chi connectivity index (χ0n) is 11.6. The predicted octanol–water partition coefficient (Wildman–Crippen LogP) is 2.54. The molecule has 0 radical (unpaired) electrons. The summed E-state index contributed by atoms with van der Waals surface area (Å²) >= 11 is 5.78. The molecule has 0 unspecified atom stereocenters. The lowest BCUT2D eigenvalue weighted by atomic mass is 10.1. The van der Waals surface area contributed by atoms with Crippen molar-refractivity contribution in [3.05, 3.63) is 52.7 Å². The molecule has 0 spiro atoms. The Balaban J connectivity index is 2.91. The van der Waals surface area contributed by atoms with Gasteiger partial charge in [-0.1, -0.05) is 29.8 Å². The van der Waals surface area contributed by atoms with Gasteiger partial charge in [-0.3, -0.25) is 4.79 Å². The minimum atomic E-state index is -0.663. The molecular formula is C15H16ClNO3. The second-order valence-corrected chi connectivity index (χ2v) is 4.68. The van der Waals surface area contributed by atoms with E-state index in [4.69, 9.17) is 11.6 Å². The number of hydrogen-bond acceptors (Lipinski definition) is 4. The first-order valence-corrected chi connectivity index (χ1v) is 6.26. The Morgan fingerprint density at radius 3 is 2.30 bits per heavy atom. The minimum absolute atomic E-state index is 0.0253. The van der Waals surface area contributed by atoms with Crippen LogP contribution in [0.25, 0.3) is 6.08 Å². The summed E-state index contributed by atoms with van der Waals surface area (Å²) in [5.74, 6) is -1.08. The molecular weight excluding hydrogens is 278 g/mol. The number of hydrogen-bond donors (Lipinski definition) is 0. The van der Waals surface area contributed by atoms with Gasteiger partial charge in [0.15, 0.2) is 5.78 Å². The molecule has 5 heteroatoms. The van der Waals surface area contributed by atoms with Crippen LogP contribution >= 0.6 is 11.6 Å². The minimum Gasteiger partial charge on any atom is -0.465 e. The Hall–Kier alpha value is -2.07. The van der Waals surface area contributed by atoms with Gasteiger partial charge < -0.3 is 9.64 Å². The van der Waals surface area contributed by atoms with E-state index in [9.17, 15) is 9.59 Å². The van der Waals surface area contributed by atoms with Gasteiger partial charge in [0.05, 0.1) is 7.11 Å². The second-order valence-electron chi connectivity index (χ2n) is 4.25. The smallest absolute Gasteiger partial charge is 0.343 e. The van der Waals surface area contributed by atoms with Crippen molar-refractivity contribution >= 4 is 29.4 Å². The van der Waals surface area contributed by atoms with E-state index < -0.39 is 11.8 Å². The Bertz CT molecular complexity index is 545. The van der Waals surface area contributed by atoms with Gasteiger partial charge in [0.2, 0.25) is 0 Å². The summed E-state index contributed by atoms with van der Waals surface area (Å²) in [7, 11) is 4.68. The Labute approximate surface area is 123 Å². The monoisotopic (exact) mass is 293 g/mol. The highest BCUT2D eigenvalue weighted by atomic mass is 35.5. The Kier molecular flexibility index (Phi) is 6.00. The van der Waals surface area contributed by atoms with Gasteiger partial charge in [-0.15, -0.1) is 0 Å².